The standard InChI is InChI=1S/C16H20ClNO3S/c17-13-5-3-12(4-6-13)16(8-1-2-9-16)15(19)18-14-7-10-22(20,21)11-14/h3-6,14H,1-2,7-11H2,(H,18,19)/t14-/m1/s1. The number of hydrogen-bond acceptors (Lipinski definition) is 3. The summed E-state index contributed by atoms with van der Waals surface area (Å²) in [5.41, 5.74) is 0.449. The molecule has 1 saturated carbocycles. The molecule has 0 unspecified atom stereocenters. The highest BCUT2D eigenvalue weighted by atomic mass is 35.5. The van der Waals surface area contributed by atoms with E-state index in [2.05, 4.69) is 5.32 Å². The molecule has 1 amide bonds. The Labute approximate surface area is 136 Å². The minimum atomic E-state index is -2.99. The summed E-state index contributed by atoms with van der Waals surface area (Å²) in [4.78, 5) is 12.9. The first-order valence-corrected chi connectivity index (χ1v) is 9.89. The molecule has 2 fully saturated rings. The largest absolute Gasteiger partial charge is 0.352 e. The first kappa shape index (κ1) is 15.8. The van der Waals surface area contributed by atoms with Crippen LogP contribution in [0.25, 0.3) is 0 Å². The molecule has 2 aliphatic rings. The molecule has 22 heavy (non-hydrogen) atoms. The summed E-state index contributed by atoms with van der Waals surface area (Å²) in [6.45, 7) is 0. The molecule has 1 aromatic carbocycles. The molecular weight excluding hydrogens is 322 g/mol. The predicted octanol–water partition coefficient (Wildman–Crippen LogP) is 2.46. The zero-order valence-electron chi connectivity index (χ0n) is 12.3. The van der Waals surface area contributed by atoms with Gasteiger partial charge in [-0.2, -0.15) is 0 Å². The SMILES string of the molecule is O=C(N[C@@H]1CCS(=O)(=O)C1)C1(c2ccc(Cl)cc2)CCCC1. The molecule has 0 aromatic heterocycles. The Bertz CT molecular complexity index is 663. The van der Waals surface area contributed by atoms with Gasteiger partial charge in [-0.25, -0.2) is 8.42 Å². The van der Waals surface area contributed by atoms with Gasteiger partial charge in [0.2, 0.25) is 5.91 Å². The van der Waals surface area contributed by atoms with Gasteiger partial charge in [0.05, 0.1) is 16.9 Å². The number of carbonyl (C=O) groups is 1. The van der Waals surface area contributed by atoms with Gasteiger partial charge in [-0.1, -0.05) is 36.6 Å². The van der Waals surface area contributed by atoms with Crippen molar-refractivity contribution in [3.05, 3.63) is 34.9 Å². The van der Waals surface area contributed by atoms with Crippen molar-refractivity contribution >= 4 is 27.3 Å². The van der Waals surface area contributed by atoms with Crippen molar-refractivity contribution in [2.45, 2.75) is 43.6 Å². The summed E-state index contributed by atoms with van der Waals surface area (Å²) >= 11 is 5.94. The number of sulfone groups is 1. The number of halogens is 1. The summed E-state index contributed by atoms with van der Waals surface area (Å²) in [5, 5.41) is 3.63. The predicted molar refractivity (Wildman–Crippen MR) is 86.8 cm³/mol. The normalized spacial score (nSPS) is 26.0. The summed E-state index contributed by atoms with van der Waals surface area (Å²) in [6, 6.07) is 7.20. The van der Waals surface area contributed by atoms with Crippen LogP contribution in [0.15, 0.2) is 24.3 Å². The number of hydrogen-bond donors (Lipinski definition) is 1. The minimum Gasteiger partial charge on any atom is -0.352 e. The molecule has 1 aliphatic carbocycles. The topological polar surface area (TPSA) is 63.2 Å². The fourth-order valence-electron chi connectivity index (χ4n) is 3.63. The fourth-order valence-corrected chi connectivity index (χ4v) is 5.43. The minimum absolute atomic E-state index is 0.0329. The zero-order valence-corrected chi connectivity index (χ0v) is 13.9. The molecule has 0 radical (unpaired) electrons. The maximum Gasteiger partial charge on any atom is 0.230 e. The molecule has 1 aliphatic heterocycles. The van der Waals surface area contributed by atoms with E-state index in [1.54, 1.807) is 0 Å². The van der Waals surface area contributed by atoms with Gasteiger partial charge in [0, 0.05) is 11.1 Å². The van der Waals surface area contributed by atoms with E-state index >= 15 is 0 Å². The molecule has 1 saturated heterocycles. The third-order valence-corrected chi connectivity index (χ3v) is 6.88. The summed E-state index contributed by atoms with van der Waals surface area (Å²) in [7, 11) is -2.99. The number of carbonyl (C=O) groups excluding carboxylic acids is 1. The van der Waals surface area contributed by atoms with Crippen LogP contribution >= 0.6 is 11.6 Å². The number of amides is 1. The van der Waals surface area contributed by atoms with E-state index < -0.39 is 15.3 Å². The van der Waals surface area contributed by atoms with Gasteiger partial charge in [0.15, 0.2) is 9.84 Å². The van der Waals surface area contributed by atoms with E-state index in [-0.39, 0.29) is 23.5 Å². The monoisotopic (exact) mass is 341 g/mol. The first-order valence-electron chi connectivity index (χ1n) is 7.69. The molecule has 3 rings (SSSR count). The lowest BCUT2D eigenvalue weighted by molar-refractivity contribution is -0.127. The highest BCUT2D eigenvalue weighted by molar-refractivity contribution is 7.91. The van der Waals surface area contributed by atoms with E-state index in [1.807, 2.05) is 24.3 Å². The molecule has 1 N–H and O–H groups in total. The van der Waals surface area contributed by atoms with Crippen LogP contribution in [0, 0.1) is 0 Å². The molecule has 0 spiro atoms. The second-order valence-electron chi connectivity index (χ2n) is 6.37. The molecule has 1 atom stereocenters. The van der Waals surface area contributed by atoms with Gasteiger partial charge < -0.3 is 5.32 Å². The van der Waals surface area contributed by atoms with Crippen LogP contribution < -0.4 is 5.32 Å². The van der Waals surface area contributed by atoms with E-state index in [0.29, 0.717) is 11.4 Å². The van der Waals surface area contributed by atoms with E-state index in [0.717, 1.165) is 31.2 Å². The van der Waals surface area contributed by atoms with E-state index in [1.165, 1.54) is 0 Å². The highest BCUT2D eigenvalue weighted by Crippen LogP contribution is 2.42. The summed E-state index contributed by atoms with van der Waals surface area (Å²) in [6.07, 6.45) is 4.16. The smallest absolute Gasteiger partial charge is 0.230 e. The Morgan fingerprint density at radius 3 is 2.36 bits per heavy atom. The van der Waals surface area contributed by atoms with Crippen molar-refractivity contribution in [2.24, 2.45) is 0 Å². The maximum atomic E-state index is 12.9. The maximum absolute atomic E-state index is 12.9. The number of benzene rings is 1. The molecule has 1 heterocycles. The first-order chi connectivity index (χ1) is 10.4. The lowest BCUT2D eigenvalue weighted by atomic mass is 9.78. The van der Waals surface area contributed by atoms with Gasteiger partial charge in [-0.15, -0.1) is 0 Å². The Morgan fingerprint density at radius 2 is 1.82 bits per heavy atom. The van der Waals surface area contributed by atoms with Crippen LogP contribution in [0.5, 0.6) is 0 Å². The average Bonchev–Trinajstić information content (AvgIpc) is 3.07. The van der Waals surface area contributed by atoms with Crippen molar-refractivity contribution in [1.29, 1.82) is 0 Å². The lowest BCUT2D eigenvalue weighted by Crippen LogP contribution is -2.47. The fraction of sp³-hybridized carbons (Fsp3) is 0.562. The number of rotatable bonds is 3. The molecule has 0 bridgehead atoms. The van der Waals surface area contributed by atoms with Gasteiger partial charge in [-0.3, -0.25) is 4.79 Å². The zero-order chi connectivity index (χ0) is 15.8. The second kappa shape index (κ2) is 5.85. The Kier molecular flexibility index (Phi) is 4.21. The Hall–Kier alpha value is -1.07. The van der Waals surface area contributed by atoms with Crippen molar-refractivity contribution in [3.8, 4) is 0 Å². The van der Waals surface area contributed by atoms with Crippen LogP contribution in [0.2, 0.25) is 5.02 Å². The Balaban J connectivity index is 1.81. The van der Waals surface area contributed by atoms with E-state index in [9.17, 15) is 13.2 Å². The van der Waals surface area contributed by atoms with Gasteiger partial charge in [-0.05, 0) is 37.0 Å². The Morgan fingerprint density at radius 1 is 1.18 bits per heavy atom. The van der Waals surface area contributed by atoms with Crippen LogP contribution in [0.1, 0.15) is 37.7 Å². The summed E-state index contributed by atoms with van der Waals surface area (Å²) < 4.78 is 23.1. The van der Waals surface area contributed by atoms with Crippen LogP contribution in [-0.4, -0.2) is 31.9 Å². The van der Waals surface area contributed by atoms with Gasteiger partial charge in [0.25, 0.3) is 0 Å². The average molecular weight is 342 g/mol. The highest BCUT2D eigenvalue weighted by Gasteiger charge is 2.44. The van der Waals surface area contributed by atoms with Gasteiger partial charge >= 0.3 is 0 Å². The van der Waals surface area contributed by atoms with Crippen molar-refractivity contribution in [3.63, 3.8) is 0 Å². The quantitative estimate of drug-likeness (QED) is 0.918. The van der Waals surface area contributed by atoms with Crippen molar-refractivity contribution in [1.82, 2.24) is 5.32 Å². The molecule has 6 heteroatoms. The second-order valence-corrected chi connectivity index (χ2v) is 9.03. The molecule has 1 aromatic rings. The van der Waals surface area contributed by atoms with E-state index in [4.69, 9.17) is 11.6 Å². The molecular formula is C16H20ClNO3S. The lowest BCUT2D eigenvalue weighted by Gasteiger charge is -2.29. The third-order valence-electron chi connectivity index (χ3n) is 4.86. The number of nitrogens with one attached hydrogen (secondary N) is 1. The molecule has 120 valence electrons. The van der Waals surface area contributed by atoms with Crippen LogP contribution in [0.3, 0.4) is 0 Å². The van der Waals surface area contributed by atoms with Crippen LogP contribution in [-0.2, 0) is 20.0 Å². The third kappa shape index (κ3) is 3.01. The summed E-state index contributed by atoms with van der Waals surface area (Å²) in [5.74, 6) is 0.204. The van der Waals surface area contributed by atoms with Crippen molar-refractivity contribution < 1.29 is 13.2 Å². The van der Waals surface area contributed by atoms with Crippen molar-refractivity contribution in [2.75, 3.05) is 11.5 Å². The van der Waals surface area contributed by atoms with Gasteiger partial charge in [0.1, 0.15) is 0 Å². The van der Waals surface area contributed by atoms with Crippen LogP contribution in [0.4, 0.5) is 0 Å². The molecule has 4 nitrogen and oxygen atoms in total.